The van der Waals surface area contributed by atoms with Gasteiger partial charge in [-0.1, -0.05) is 11.6 Å². The molecule has 0 aliphatic carbocycles. The maximum absolute atomic E-state index is 13.0. The molecule has 0 unspecified atom stereocenters. The van der Waals surface area contributed by atoms with Gasteiger partial charge in [0.15, 0.2) is 0 Å². The third-order valence-electron chi connectivity index (χ3n) is 2.93. The highest BCUT2D eigenvalue weighted by atomic mass is 35.5. The molecule has 0 aliphatic rings. The van der Waals surface area contributed by atoms with Gasteiger partial charge in [-0.05, 0) is 30.3 Å². The number of imidazole rings is 1. The Morgan fingerprint density at radius 1 is 1.16 bits per heavy atom. The van der Waals surface area contributed by atoms with Gasteiger partial charge in [-0.15, -0.1) is 11.6 Å². The molecule has 0 radical (unpaired) electrons. The standard InChI is InChI=1S/C14H9Cl2FN2/c15-8-12-14(9-1-3-11(17)4-2-9)18-13-7-10(16)5-6-19(12)13/h1-7H,8H2. The highest BCUT2D eigenvalue weighted by Crippen LogP contribution is 2.27. The van der Waals surface area contributed by atoms with E-state index in [9.17, 15) is 4.39 Å². The van der Waals surface area contributed by atoms with Gasteiger partial charge >= 0.3 is 0 Å². The summed E-state index contributed by atoms with van der Waals surface area (Å²) in [6.07, 6.45) is 1.83. The molecule has 0 spiro atoms. The second kappa shape index (κ2) is 4.83. The Hall–Kier alpha value is -1.58. The Morgan fingerprint density at radius 3 is 2.58 bits per heavy atom. The zero-order valence-electron chi connectivity index (χ0n) is 9.78. The first-order valence-electron chi connectivity index (χ1n) is 5.67. The van der Waals surface area contributed by atoms with Crippen LogP contribution in [0.2, 0.25) is 5.02 Å². The van der Waals surface area contributed by atoms with Crippen LogP contribution >= 0.6 is 23.2 Å². The molecular weight excluding hydrogens is 286 g/mol. The van der Waals surface area contributed by atoms with E-state index in [0.29, 0.717) is 10.9 Å². The van der Waals surface area contributed by atoms with Crippen molar-refractivity contribution in [1.29, 1.82) is 0 Å². The average Bonchev–Trinajstić information content (AvgIpc) is 2.77. The Bertz CT molecular complexity index is 735. The molecule has 0 fully saturated rings. The molecule has 0 aliphatic heterocycles. The second-order valence-corrected chi connectivity index (χ2v) is 4.82. The first-order valence-corrected chi connectivity index (χ1v) is 6.58. The van der Waals surface area contributed by atoms with E-state index in [-0.39, 0.29) is 5.82 Å². The Kier molecular flexibility index (Phi) is 3.17. The van der Waals surface area contributed by atoms with E-state index in [1.54, 1.807) is 24.3 Å². The molecule has 1 aromatic carbocycles. The Balaban J connectivity index is 2.25. The van der Waals surface area contributed by atoms with Gasteiger partial charge in [0.2, 0.25) is 0 Å². The summed E-state index contributed by atoms with van der Waals surface area (Å²) < 4.78 is 14.9. The lowest BCUT2D eigenvalue weighted by atomic mass is 10.1. The number of hydrogen-bond acceptors (Lipinski definition) is 1. The van der Waals surface area contributed by atoms with Crippen LogP contribution in [-0.2, 0) is 5.88 Å². The molecule has 2 aromatic heterocycles. The van der Waals surface area contributed by atoms with Gasteiger partial charge < -0.3 is 4.40 Å². The van der Waals surface area contributed by atoms with E-state index in [4.69, 9.17) is 23.2 Å². The number of benzene rings is 1. The molecule has 2 heterocycles. The van der Waals surface area contributed by atoms with Gasteiger partial charge in [-0.25, -0.2) is 9.37 Å². The molecule has 3 rings (SSSR count). The summed E-state index contributed by atoms with van der Waals surface area (Å²) in [6, 6.07) is 9.74. The van der Waals surface area contributed by atoms with Crippen LogP contribution in [0.4, 0.5) is 4.39 Å². The van der Waals surface area contributed by atoms with Crippen LogP contribution in [0.25, 0.3) is 16.9 Å². The van der Waals surface area contributed by atoms with E-state index in [0.717, 1.165) is 22.6 Å². The lowest BCUT2D eigenvalue weighted by Crippen LogP contribution is -1.90. The molecule has 0 atom stereocenters. The van der Waals surface area contributed by atoms with Gasteiger partial charge in [0.25, 0.3) is 0 Å². The highest BCUT2D eigenvalue weighted by Gasteiger charge is 2.13. The SMILES string of the molecule is Fc1ccc(-c2nc3cc(Cl)ccn3c2CCl)cc1. The van der Waals surface area contributed by atoms with Crippen molar-refractivity contribution in [2.24, 2.45) is 0 Å². The van der Waals surface area contributed by atoms with Gasteiger partial charge in [-0.3, -0.25) is 0 Å². The summed E-state index contributed by atoms with van der Waals surface area (Å²) >= 11 is 12.0. The van der Waals surface area contributed by atoms with E-state index >= 15 is 0 Å². The normalized spacial score (nSPS) is 11.1. The molecular formula is C14H9Cl2FN2. The number of rotatable bonds is 2. The maximum Gasteiger partial charge on any atom is 0.139 e. The number of alkyl halides is 1. The lowest BCUT2D eigenvalue weighted by molar-refractivity contribution is 0.628. The van der Waals surface area contributed by atoms with Crippen molar-refractivity contribution in [3.8, 4) is 11.3 Å². The van der Waals surface area contributed by atoms with Crippen LogP contribution in [0.5, 0.6) is 0 Å². The van der Waals surface area contributed by atoms with Gasteiger partial charge in [0.05, 0.1) is 17.3 Å². The van der Waals surface area contributed by atoms with Crippen molar-refractivity contribution in [2.45, 2.75) is 5.88 Å². The first-order chi connectivity index (χ1) is 9.19. The molecule has 0 saturated heterocycles. The number of fused-ring (bicyclic) bond motifs is 1. The summed E-state index contributed by atoms with van der Waals surface area (Å²) in [7, 11) is 0. The third kappa shape index (κ3) is 2.20. The summed E-state index contributed by atoms with van der Waals surface area (Å²) in [5, 5.41) is 0.615. The summed E-state index contributed by atoms with van der Waals surface area (Å²) in [5.41, 5.74) is 3.16. The topological polar surface area (TPSA) is 17.3 Å². The lowest BCUT2D eigenvalue weighted by Gasteiger charge is -2.01. The summed E-state index contributed by atoms with van der Waals surface area (Å²) in [4.78, 5) is 4.52. The number of hydrogen-bond donors (Lipinski definition) is 0. The Labute approximate surface area is 119 Å². The minimum absolute atomic E-state index is 0.275. The Morgan fingerprint density at radius 2 is 1.89 bits per heavy atom. The van der Waals surface area contributed by atoms with Gasteiger partial charge in [-0.2, -0.15) is 0 Å². The average molecular weight is 295 g/mol. The fraction of sp³-hybridized carbons (Fsp3) is 0.0714. The van der Waals surface area contributed by atoms with E-state index in [1.165, 1.54) is 12.1 Å². The van der Waals surface area contributed by atoms with Crippen molar-refractivity contribution in [2.75, 3.05) is 0 Å². The number of halogens is 3. The zero-order chi connectivity index (χ0) is 13.4. The van der Waals surface area contributed by atoms with Crippen LogP contribution in [0.15, 0.2) is 42.6 Å². The van der Waals surface area contributed by atoms with Gasteiger partial charge in [0, 0.05) is 22.8 Å². The van der Waals surface area contributed by atoms with Gasteiger partial charge in [0.1, 0.15) is 11.5 Å². The van der Waals surface area contributed by atoms with Crippen molar-refractivity contribution >= 4 is 28.8 Å². The number of aromatic nitrogens is 2. The third-order valence-corrected chi connectivity index (χ3v) is 3.42. The number of pyridine rings is 1. The van der Waals surface area contributed by atoms with E-state index in [1.807, 2.05) is 10.6 Å². The molecule has 0 saturated carbocycles. The van der Waals surface area contributed by atoms with E-state index in [2.05, 4.69) is 4.98 Å². The summed E-state index contributed by atoms with van der Waals surface area (Å²) in [6.45, 7) is 0. The highest BCUT2D eigenvalue weighted by molar-refractivity contribution is 6.30. The molecule has 2 nitrogen and oxygen atoms in total. The predicted octanol–water partition coefficient (Wildman–Crippen LogP) is 4.53. The van der Waals surface area contributed by atoms with Crippen LogP contribution in [0.3, 0.4) is 0 Å². The minimum Gasteiger partial charge on any atom is -0.302 e. The van der Waals surface area contributed by atoms with Crippen LogP contribution < -0.4 is 0 Å². The maximum atomic E-state index is 13.0. The largest absolute Gasteiger partial charge is 0.302 e. The monoisotopic (exact) mass is 294 g/mol. The fourth-order valence-electron chi connectivity index (χ4n) is 2.04. The van der Waals surface area contributed by atoms with Crippen LogP contribution in [0, 0.1) is 5.82 Å². The minimum atomic E-state index is -0.275. The zero-order valence-corrected chi connectivity index (χ0v) is 11.3. The number of nitrogens with zero attached hydrogens (tertiary/aromatic N) is 2. The molecule has 0 N–H and O–H groups in total. The smallest absolute Gasteiger partial charge is 0.139 e. The molecule has 0 bridgehead atoms. The quantitative estimate of drug-likeness (QED) is 0.635. The summed E-state index contributed by atoms with van der Waals surface area (Å²) in [5.74, 6) is 0.0400. The fourth-order valence-corrected chi connectivity index (χ4v) is 2.45. The van der Waals surface area contributed by atoms with Crippen LogP contribution in [-0.4, -0.2) is 9.38 Å². The van der Waals surface area contributed by atoms with Crippen molar-refractivity contribution in [3.63, 3.8) is 0 Å². The second-order valence-electron chi connectivity index (χ2n) is 4.12. The molecule has 5 heteroatoms. The molecule has 96 valence electrons. The van der Waals surface area contributed by atoms with Crippen molar-refractivity contribution < 1.29 is 4.39 Å². The first kappa shape index (κ1) is 12.5. The van der Waals surface area contributed by atoms with Crippen molar-refractivity contribution in [3.05, 3.63) is 59.1 Å². The predicted molar refractivity (Wildman–Crippen MR) is 75.2 cm³/mol. The van der Waals surface area contributed by atoms with E-state index < -0.39 is 0 Å². The molecule has 0 amide bonds. The molecule has 3 aromatic rings. The van der Waals surface area contributed by atoms with Crippen molar-refractivity contribution in [1.82, 2.24) is 9.38 Å². The van der Waals surface area contributed by atoms with Crippen LogP contribution in [0.1, 0.15) is 5.69 Å². The molecule has 19 heavy (non-hydrogen) atoms.